The molecule has 0 aliphatic heterocycles. The molecule has 43 heavy (non-hydrogen) atoms. The summed E-state index contributed by atoms with van der Waals surface area (Å²) in [7, 11) is -1.35. The van der Waals surface area contributed by atoms with Crippen LogP contribution in [0.25, 0.3) is 0 Å². The number of rotatable bonds is 13. The summed E-state index contributed by atoms with van der Waals surface area (Å²) in [4.78, 5) is 29.3. The van der Waals surface area contributed by atoms with Gasteiger partial charge >= 0.3 is 0 Å². The zero-order chi connectivity index (χ0) is 31.0. The number of benzene rings is 3. The number of ether oxygens (including phenoxy) is 2. The van der Waals surface area contributed by atoms with Crippen LogP contribution < -0.4 is 19.1 Å². The van der Waals surface area contributed by atoms with Crippen molar-refractivity contribution in [3.8, 4) is 11.5 Å². The van der Waals surface area contributed by atoms with E-state index in [4.69, 9.17) is 9.47 Å². The maximum absolute atomic E-state index is 14.3. The molecule has 0 aromatic heterocycles. The van der Waals surface area contributed by atoms with Gasteiger partial charge in [-0.2, -0.15) is 0 Å². The number of para-hydroxylation sites is 1. The maximum atomic E-state index is 14.3. The predicted octanol–water partition coefficient (Wildman–Crippen LogP) is 5.07. The predicted molar refractivity (Wildman–Crippen MR) is 167 cm³/mol. The molecule has 1 fully saturated rings. The molecule has 1 aliphatic rings. The van der Waals surface area contributed by atoms with Crippen LogP contribution in [0.15, 0.2) is 77.7 Å². The fourth-order valence-corrected chi connectivity index (χ4v) is 6.92. The first kappa shape index (κ1) is 31.9. The quantitative estimate of drug-likeness (QED) is 0.291. The van der Waals surface area contributed by atoms with Crippen LogP contribution >= 0.6 is 0 Å². The Bertz CT molecular complexity index is 1510. The van der Waals surface area contributed by atoms with E-state index < -0.39 is 28.5 Å². The Kier molecular flexibility index (Phi) is 10.7. The Morgan fingerprint density at radius 3 is 2.21 bits per heavy atom. The van der Waals surface area contributed by atoms with E-state index in [0.29, 0.717) is 17.9 Å². The van der Waals surface area contributed by atoms with Gasteiger partial charge in [-0.05, 0) is 61.6 Å². The van der Waals surface area contributed by atoms with Crippen molar-refractivity contribution in [3.63, 3.8) is 0 Å². The van der Waals surface area contributed by atoms with Crippen molar-refractivity contribution < 1.29 is 27.5 Å². The van der Waals surface area contributed by atoms with E-state index in [9.17, 15) is 18.0 Å². The van der Waals surface area contributed by atoms with Crippen molar-refractivity contribution in [3.05, 3.63) is 83.9 Å². The highest BCUT2D eigenvalue weighted by Crippen LogP contribution is 2.32. The molecule has 3 aromatic rings. The van der Waals surface area contributed by atoms with Gasteiger partial charge in [-0.1, -0.05) is 62.2 Å². The minimum absolute atomic E-state index is 0.0572. The molecule has 0 bridgehead atoms. The van der Waals surface area contributed by atoms with Gasteiger partial charge in [0.25, 0.3) is 10.0 Å². The zero-order valence-electron chi connectivity index (χ0n) is 25.3. The number of nitrogens with zero attached hydrogens (tertiary/aromatic N) is 2. The fourth-order valence-electron chi connectivity index (χ4n) is 5.49. The number of sulfonamides is 1. The molecule has 0 radical (unpaired) electrons. The molecule has 3 aromatic carbocycles. The summed E-state index contributed by atoms with van der Waals surface area (Å²) in [5, 5.41) is 3.14. The number of hydrogen-bond donors (Lipinski definition) is 1. The van der Waals surface area contributed by atoms with E-state index in [-0.39, 0.29) is 29.1 Å². The molecule has 230 valence electrons. The highest BCUT2D eigenvalue weighted by molar-refractivity contribution is 7.92. The molecule has 0 heterocycles. The van der Waals surface area contributed by atoms with Crippen LogP contribution in [0.5, 0.6) is 11.5 Å². The first-order valence-electron chi connectivity index (χ1n) is 14.6. The first-order valence-corrected chi connectivity index (χ1v) is 16.1. The molecule has 0 spiro atoms. The Balaban J connectivity index is 1.73. The Labute approximate surface area is 254 Å². The lowest BCUT2D eigenvalue weighted by Crippen LogP contribution is -2.53. The summed E-state index contributed by atoms with van der Waals surface area (Å²) in [5.41, 5.74) is 2.19. The number of methoxy groups -OCH3 is 2. The Morgan fingerprint density at radius 1 is 0.930 bits per heavy atom. The lowest BCUT2D eigenvalue weighted by Gasteiger charge is -2.34. The first-order chi connectivity index (χ1) is 20.7. The van der Waals surface area contributed by atoms with Crippen LogP contribution in [0.3, 0.4) is 0 Å². The average molecular weight is 608 g/mol. The Hall–Kier alpha value is -4.05. The zero-order valence-corrected chi connectivity index (χ0v) is 26.1. The van der Waals surface area contributed by atoms with Gasteiger partial charge in [-0.25, -0.2) is 8.42 Å². The molecule has 1 aliphatic carbocycles. The molecule has 0 saturated heterocycles. The van der Waals surface area contributed by atoms with E-state index >= 15 is 0 Å². The molecular weight excluding hydrogens is 566 g/mol. The average Bonchev–Trinajstić information content (AvgIpc) is 3.53. The molecular formula is C33H41N3O6S. The highest BCUT2D eigenvalue weighted by atomic mass is 32.2. The van der Waals surface area contributed by atoms with Crippen molar-refractivity contribution in [2.24, 2.45) is 0 Å². The van der Waals surface area contributed by atoms with Crippen LogP contribution in [0, 0.1) is 6.92 Å². The Morgan fingerprint density at radius 2 is 1.58 bits per heavy atom. The number of aryl methyl sites for hydroxylation is 1. The largest absolute Gasteiger partial charge is 0.493 e. The van der Waals surface area contributed by atoms with Gasteiger partial charge in [0.1, 0.15) is 12.6 Å². The third-order valence-electron chi connectivity index (χ3n) is 7.96. The van der Waals surface area contributed by atoms with E-state index in [2.05, 4.69) is 5.32 Å². The van der Waals surface area contributed by atoms with Crippen LogP contribution in [0.1, 0.15) is 50.2 Å². The highest BCUT2D eigenvalue weighted by Gasteiger charge is 2.35. The van der Waals surface area contributed by atoms with Crippen molar-refractivity contribution in [2.45, 2.75) is 69.5 Å². The number of nitrogens with one attached hydrogen (secondary N) is 1. The molecule has 1 atom stereocenters. The molecule has 4 rings (SSSR count). The molecule has 2 amide bonds. The van der Waals surface area contributed by atoms with Gasteiger partial charge in [-0.15, -0.1) is 0 Å². The number of amides is 2. The molecule has 1 saturated carbocycles. The summed E-state index contributed by atoms with van der Waals surface area (Å²) in [6, 6.07) is 19.8. The van der Waals surface area contributed by atoms with Crippen LogP contribution in [0.2, 0.25) is 0 Å². The van der Waals surface area contributed by atoms with Gasteiger partial charge in [0.15, 0.2) is 11.5 Å². The lowest BCUT2D eigenvalue weighted by atomic mass is 10.1. The molecule has 1 N–H and O–H groups in total. The lowest BCUT2D eigenvalue weighted by molar-refractivity contribution is -0.140. The van der Waals surface area contributed by atoms with Gasteiger partial charge in [0.2, 0.25) is 11.8 Å². The van der Waals surface area contributed by atoms with Crippen molar-refractivity contribution in [2.75, 3.05) is 25.1 Å². The van der Waals surface area contributed by atoms with E-state index in [1.54, 1.807) is 30.3 Å². The minimum Gasteiger partial charge on any atom is -0.493 e. The normalized spacial score (nSPS) is 14.1. The summed E-state index contributed by atoms with van der Waals surface area (Å²) >= 11 is 0. The smallest absolute Gasteiger partial charge is 0.264 e. The van der Waals surface area contributed by atoms with E-state index in [0.717, 1.165) is 41.1 Å². The third-order valence-corrected chi connectivity index (χ3v) is 9.73. The maximum Gasteiger partial charge on any atom is 0.264 e. The summed E-state index contributed by atoms with van der Waals surface area (Å²) < 4.78 is 40.0. The summed E-state index contributed by atoms with van der Waals surface area (Å²) in [6.07, 6.45) is 4.34. The molecule has 10 heteroatoms. The fraction of sp³-hybridized carbons (Fsp3) is 0.394. The van der Waals surface area contributed by atoms with Crippen LogP contribution in [-0.2, 0) is 26.2 Å². The molecule has 1 unspecified atom stereocenters. The minimum atomic E-state index is -4.24. The van der Waals surface area contributed by atoms with Gasteiger partial charge < -0.3 is 19.7 Å². The number of anilines is 1. The third kappa shape index (κ3) is 7.48. The van der Waals surface area contributed by atoms with Gasteiger partial charge in [0, 0.05) is 18.7 Å². The second kappa shape index (κ2) is 14.4. The second-order valence-corrected chi connectivity index (χ2v) is 12.6. The van der Waals surface area contributed by atoms with Crippen molar-refractivity contribution >= 4 is 27.5 Å². The standard InChI is InChI=1S/C33H41N3O6S/c1-5-29(33(38)34-26-15-11-12-16-26)35(22-25-14-10-9-13-24(25)2)32(37)23-36(27-17-7-6-8-18-27)43(39,40)28-19-20-30(41-3)31(21-28)42-4/h6-10,13-14,17-21,26,29H,5,11-12,15-16,22-23H2,1-4H3,(H,34,38). The number of carbonyl (C=O) groups excluding carboxylic acids is 2. The summed E-state index contributed by atoms with van der Waals surface area (Å²) in [6.45, 7) is 3.49. The monoisotopic (exact) mass is 607 g/mol. The number of hydrogen-bond acceptors (Lipinski definition) is 6. The molecule has 9 nitrogen and oxygen atoms in total. The summed E-state index contributed by atoms with van der Waals surface area (Å²) in [5.74, 6) is -0.0686. The van der Waals surface area contributed by atoms with Gasteiger partial charge in [-0.3, -0.25) is 13.9 Å². The van der Waals surface area contributed by atoms with Crippen LogP contribution in [0.4, 0.5) is 5.69 Å². The van der Waals surface area contributed by atoms with E-state index in [1.165, 1.54) is 37.3 Å². The topological polar surface area (TPSA) is 105 Å². The number of carbonyl (C=O) groups is 2. The SMILES string of the molecule is CCC(C(=O)NC1CCCC1)N(Cc1ccccc1C)C(=O)CN(c1ccccc1)S(=O)(=O)c1ccc(OC)c(OC)c1. The van der Waals surface area contributed by atoms with Crippen molar-refractivity contribution in [1.82, 2.24) is 10.2 Å². The van der Waals surface area contributed by atoms with Crippen molar-refractivity contribution in [1.29, 1.82) is 0 Å². The second-order valence-electron chi connectivity index (χ2n) is 10.7. The van der Waals surface area contributed by atoms with E-state index in [1.807, 2.05) is 38.1 Å². The van der Waals surface area contributed by atoms with Crippen LogP contribution in [-0.4, -0.2) is 58.0 Å². The van der Waals surface area contributed by atoms with Gasteiger partial charge in [0.05, 0.1) is 24.8 Å².